The summed E-state index contributed by atoms with van der Waals surface area (Å²) in [6, 6.07) is 18.7. The van der Waals surface area contributed by atoms with Crippen LogP contribution in [0.3, 0.4) is 0 Å². The molecular formula is C26H25N3O5S. The molecule has 8 nitrogen and oxygen atoms in total. The first kappa shape index (κ1) is 22.9. The lowest BCUT2D eigenvalue weighted by Crippen LogP contribution is -2.29. The van der Waals surface area contributed by atoms with Gasteiger partial charge in [-0.2, -0.15) is 0 Å². The zero-order valence-electron chi connectivity index (χ0n) is 19.0. The van der Waals surface area contributed by atoms with Gasteiger partial charge in [0.15, 0.2) is 0 Å². The van der Waals surface area contributed by atoms with Crippen molar-refractivity contribution in [1.29, 1.82) is 0 Å². The second-order valence-corrected chi connectivity index (χ2v) is 10.3. The first-order valence-electron chi connectivity index (χ1n) is 11.4. The number of nitrogens with one attached hydrogen (secondary N) is 2. The quantitative estimate of drug-likeness (QED) is 0.252. The Hall–Kier alpha value is -3.85. The highest BCUT2D eigenvalue weighted by molar-refractivity contribution is 7.92. The van der Waals surface area contributed by atoms with Gasteiger partial charge in [0, 0.05) is 23.7 Å². The van der Waals surface area contributed by atoms with E-state index in [9.17, 15) is 18.5 Å². The minimum atomic E-state index is -3.93. The fraction of sp³-hybridized carbons (Fsp3) is 0.231. The summed E-state index contributed by atoms with van der Waals surface area (Å²) in [5, 5.41) is 14.7. The SMILES string of the molecule is CCOc1ccc([C@H]2Nc3ccc(S(=O)(=O)Nc4cccc([N+](=O)[O-])c4)cc3[C@H]3C=CC[C@H]32)cc1. The Bertz CT molecular complexity index is 1400. The van der Waals surface area contributed by atoms with Crippen LogP contribution in [0.1, 0.15) is 36.4 Å². The van der Waals surface area contributed by atoms with Gasteiger partial charge in [0.1, 0.15) is 5.75 Å². The highest BCUT2D eigenvalue weighted by atomic mass is 32.2. The van der Waals surface area contributed by atoms with Crippen LogP contribution in [0.25, 0.3) is 0 Å². The number of sulfonamides is 1. The summed E-state index contributed by atoms with van der Waals surface area (Å²) in [7, 11) is -3.93. The van der Waals surface area contributed by atoms with Crippen molar-refractivity contribution in [2.45, 2.75) is 30.2 Å². The van der Waals surface area contributed by atoms with Crippen molar-refractivity contribution in [2.24, 2.45) is 5.92 Å². The number of ether oxygens (including phenoxy) is 1. The molecule has 0 amide bonds. The third-order valence-corrected chi connectivity index (χ3v) is 7.88. The standard InChI is InChI=1S/C26H25N3O5S/c1-2-34-20-11-9-17(10-12-20)26-23-8-4-7-22(23)24-16-21(13-14-25(24)27-26)35(32,33)28-18-5-3-6-19(15-18)29(30)31/h3-7,9-16,22-23,26-28H,2,8H2,1H3/t22-,23+,26+/m0/s1. The van der Waals surface area contributed by atoms with Crippen molar-refractivity contribution >= 4 is 27.1 Å². The zero-order chi connectivity index (χ0) is 24.6. The second kappa shape index (κ2) is 9.07. The largest absolute Gasteiger partial charge is 0.494 e. The van der Waals surface area contributed by atoms with E-state index in [4.69, 9.17) is 4.74 Å². The number of hydrogen-bond donors (Lipinski definition) is 2. The number of anilines is 2. The minimum absolute atomic E-state index is 0.0794. The molecule has 0 fully saturated rings. The van der Waals surface area contributed by atoms with Crippen LogP contribution in [0.2, 0.25) is 0 Å². The van der Waals surface area contributed by atoms with Gasteiger partial charge in [-0.25, -0.2) is 8.42 Å². The van der Waals surface area contributed by atoms with Crippen LogP contribution < -0.4 is 14.8 Å². The molecule has 5 rings (SSSR count). The number of benzene rings is 3. The maximum Gasteiger partial charge on any atom is 0.271 e. The van der Waals surface area contributed by atoms with Crippen LogP contribution in [-0.4, -0.2) is 19.9 Å². The fourth-order valence-electron chi connectivity index (χ4n) is 4.90. The lowest BCUT2D eigenvalue weighted by molar-refractivity contribution is -0.384. The summed E-state index contributed by atoms with van der Waals surface area (Å²) in [4.78, 5) is 10.6. The lowest BCUT2D eigenvalue weighted by Gasteiger charge is -2.37. The summed E-state index contributed by atoms with van der Waals surface area (Å²) in [6.07, 6.45) is 5.18. The number of fused-ring (bicyclic) bond motifs is 3. The van der Waals surface area contributed by atoms with Gasteiger partial charge >= 0.3 is 0 Å². The molecule has 35 heavy (non-hydrogen) atoms. The monoisotopic (exact) mass is 491 g/mol. The molecule has 3 aromatic rings. The van der Waals surface area contributed by atoms with E-state index in [2.05, 4.69) is 34.3 Å². The molecule has 1 aliphatic heterocycles. The van der Waals surface area contributed by atoms with Gasteiger partial charge in [-0.1, -0.05) is 30.4 Å². The van der Waals surface area contributed by atoms with Gasteiger partial charge in [-0.05, 0) is 66.8 Å². The molecule has 0 radical (unpaired) electrons. The molecule has 0 saturated carbocycles. The molecule has 2 aliphatic rings. The van der Waals surface area contributed by atoms with Crippen LogP contribution >= 0.6 is 0 Å². The fourth-order valence-corrected chi connectivity index (χ4v) is 5.99. The molecule has 0 saturated heterocycles. The van der Waals surface area contributed by atoms with E-state index in [1.165, 1.54) is 24.3 Å². The Labute approximate surface area is 203 Å². The molecule has 1 aliphatic carbocycles. The van der Waals surface area contributed by atoms with E-state index < -0.39 is 14.9 Å². The number of rotatable bonds is 7. The molecule has 3 aromatic carbocycles. The Morgan fingerprint density at radius 3 is 2.66 bits per heavy atom. The summed E-state index contributed by atoms with van der Waals surface area (Å²) in [5.41, 5.74) is 2.93. The number of nitro groups is 1. The number of hydrogen-bond acceptors (Lipinski definition) is 6. The van der Waals surface area contributed by atoms with Crippen molar-refractivity contribution in [1.82, 2.24) is 0 Å². The molecule has 0 bridgehead atoms. The van der Waals surface area contributed by atoms with Crippen molar-refractivity contribution in [3.8, 4) is 5.75 Å². The number of nitro benzene ring substituents is 1. The van der Waals surface area contributed by atoms with Crippen LogP contribution in [0.5, 0.6) is 5.75 Å². The Kier molecular flexibility index (Phi) is 5.94. The number of non-ortho nitro benzene ring substituents is 1. The molecule has 0 spiro atoms. The van der Waals surface area contributed by atoms with E-state index in [0.29, 0.717) is 6.61 Å². The molecular weight excluding hydrogens is 466 g/mol. The Balaban J connectivity index is 1.44. The zero-order valence-corrected chi connectivity index (χ0v) is 19.9. The maximum atomic E-state index is 13.1. The van der Waals surface area contributed by atoms with Gasteiger partial charge < -0.3 is 10.1 Å². The average molecular weight is 492 g/mol. The van der Waals surface area contributed by atoms with E-state index in [1.54, 1.807) is 18.2 Å². The maximum absolute atomic E-state index is 13.1. The van der Waals surface area contributed by atoms with Crippen LogP contribution in [0, 0.1) is 16.0 Å². The average Bonchev–Trinajstić information content (AvgIpc) is 3.34. The lowest BCUT2D eigenvalue weighted by atomic mass is 9.77. The van der Waals surface area contributed by atoms with E-state index in [-0.39, 0.29) is 34.1 Å². The second-order valence-electron chi connectivity index (χ2n) is 8.64. The molecule has 3 atom stereocenters. The summed E-state index contributed by atoms with van der Waals surface area (Å²) in [6.45, 7) is 2.57. The number of nitrogens with zero attached hydrogens (tertiary/aromatic N) is 1. The van der Waals surface area contributed by atoms with Crippen molar-refractivity contribution in [3.05, 3.63) is 100 Å². The van der Waals surface area contributed by atoms with Crippen LogP contribution in [-0.2, 0) is 10.0 Å². The van der Waals surface area contributed by atoms with Gasteiger partial charge in [0.2, 0.25) is 0 Å². The highest BCUT2D eigenvalue weighted by Gasteiger charge is 2.38. The van der Waals surface area contributed by atoms with Gasteiger partial charge in [-0.3, -0.25) is 14.8 Å². The number of allylic oxidation sites excluding steroid dienone is 2. The molecule has 180 valence electrons. The third-order valence-electron chi connectivity index (χ3n) is 6.50. The van der Waals surface area contributed by atoms with Gasteiger partial charge in [0.25, 0.3) is 15.7 Å². The minimum Gasteiger partial charge on any atom is -0.494 e. The Morgan fingerprint density at radius 2 is 1.91 bits per heavy atom. The first-order valence-corrected chi connectivity index (χ1v) is 12.9. The van der Waals surface area contributed by atoms with Crippen molar-refractivity contribution < 1.29 is 18.1 Å². The molecule has 2 N–H and O–H groups in total. The molecule has 0 aromatic heterocycles. The molecule has 0 unspecified atom stereocenters. The van der Waals surface area contributed by atoms with Gasteiger partial charge in [-0.15, -0.1) is 0 Å². The van der Waals surface area contributed by atoms with Crippen LogP contribution in [0.15, 0.2) is 83.8 Å². The summed E-state index contributed by atoms with van der Waals surface area (Å²) in [5.74, 6) is 1.17. The Morgan fingerprint density at radius 1 is 1.11 bits per heavy atom. The first-order chi connectivity index (χ1) is 16.9. The van der Waals surface area contributed by atoms with Crippen LogP contribution in [0.4, 0.5) is 17.1 Å². The highest BCUT2D eigenvalue weighted by Crippen LogP contribution is 2.50. The summed E-state index contributed by atoms with van der Waals surface area (Å²) < 4.78 is 34.2. The van der Waals surface area contributed by atoms with E-state index in [1.807, 2.05) is 19.1 Å². The normalized spacial score (nSPS) is 20.4. The predicted octanol–water partition coefficient (Wildman–Crippen LogP) is 5.62. The summed E-state index contributed by atoms with van der Waals surface area (Å²) >= 11 is 0. The third kappa shape index (κ3) is 4.46. The predicted molar refractivity (Wildman–Crippen MR) is 134 cm³/mol. The van der Waals surface area contributed by atoms with E-state index in [0.717, 1.165) is 29.0 Å². The molecule has 9 heteroatoms. The van der Waals surface area contributed by atoms with Crippen molar-refractivity contribution in [2.75, 3.05) is 16.6 Å². The molecule has 1 heterocycles. The van der Waals surface area contributed by atoms with Crippen molar-refractivity contribution in [3.63, 3.8) is 0 Å². The smallest absolute Gasteiger partial charge is 0.271 e. The van der Waals surface area contributed by atoms with E-state index >= 15 is 0 Å². The topological polar surface area (TPSA) is 111 Å². The van der Waals surface area contributed by atoms with Gasteiger partial charge in [0.05, 0.1) is 28.2 Å².